The van der Waals surface area contributed by atoms with Crippen LogP contribution in [0.25, 0.3) is 0 Å². The number of carbonyl (C=O) groups is 2. The molecule has 0 fully saturated rings. The van der Waals surface area contributed by atoms with E-state index in [2.05, 4.69) is 5.32 Å². The molecular weight excluding hydrogens is 581 g/mol. The summed E-state index contributed by atoms with van der Waals surface area (Å²) in [6, 6.07) is 16.4. The molecule has 1 N–H and O–H groups in total. The third-order valence-corrected chi connectivity index (χ3v) is 8.47. The molecule has 0 heterocycles. The zero-order chi connectivity index (χ0) is 28.9. The van der Waals surface area contributed by atoms with Gasteiger partial charge < -0.3 is 10.2 Å². The van der Waals surface area contributed by atoms with Crippen molar-refractivity contribution in [2.45, 2.75) is 51.2 Å². The van der Waals surface area contributed by atoms with Crippen LogP contribution in [0.1, 0.15) is 31.9 Å². The van der Waals surface area contributed by atoms with E-state index in [9.17, 15) is 18.0 Å². The van der Waals surface area contributed by atoms with Crippen LogP contribution in [-0.2, 0) is 26.2 Å². The number of hydrogen-bond acceptors (Lipinski definition) is 4. The molecule has 0 radical (unpaired) electrons. The summed E-state index contributed by atoms with van der Waals surface area (Å²) in [5, 5.41) is 3.61. The number of anilines is 1. The molecule has 0 saturated heterocycles. The summed E-state index contributed by atoms with van der Waals surface area (Å²) >= 11 is 18.8. The summed E-state index contributed by atoms with van der Waals surface area (Å²) < 4.78 is 28.7. The van der Waals surface area contributed by atoms with Gasteiger partial charge >= 0.3 is 0 Å². The van der Waals surface area contributed by atoms with Gasteiger partial charge in [-0.25, -0.2) is 8.42 Å². The van der Waals surface area contributed by atoms with Gasteiger partial charge in [0, 0.05) is 22.6 Å². The van der Waals surface area contributed by atoms with Gasteiger partial charge in [-0.15, -0.1) is 0 Å². The Kier molecular flexibility index (Phi) is 10.3. The standard InChI is InChI=1S/C28H30Cl3N3O4S/c1-18(2)32-28(36)20(4)33(16-21-6-5-7-22(29)14-21)27(35)17-34(26-15-23(30)10-13-25(26)31)39(37,38)24-11-8-19(3)9-12-24/h5-15,18,20H,16-17H2,1-4H3,(H,32,36)/t20-/m1/s1. The van der Waals surface area contributed by atoms with E-state index < -0.39 is 28.5 Å². The normalized spacial score (nSPS) is 12.2. The van der Waals surface area contributed by atoms with Gasteiger partial charge in [0.15, 0.2) is 0 Å². The van der Waals surface area contributed by atoms with E-state index in [0.717, 1.165) is 9.87 Å². The minimum Gasteiger partial charge on any atom is -0.352 e. The van der Waals surface area contributed by atoms with Gasteiger partial charge in [-0.05, 0) is 75.7 Å². The molecule has 7 nitrogen and oxygen atoms in total. The maximum atomic E-state index is 13.9. The predicted octanol–water partition coefficient (Wildman–Crippen LogP) is 6.09. The molecular formula is C28H30Cl3N3O4S. The molecule has 1 atom stereocenters. The van der Waals surface area contributed by atoms with E-state index in [1.807, 2.05) is 20.8 Å². The van der Waals surface area contributed by atoms with Crippen LogP contribution in [0.3, 0.4) is 0 Å². The predicted molar refractivity (Wildman–Crippen MR) is 157 cm³/mol. The Balaban J connectivity index is 2.08. The molecule has 0 aliphatic rings. The second-order valence-electron chi connectivity index (χ2n) is 9.41. The summed E-state index contributed by atoms with van der Waals surface area (Å²) in [7, 11) is -4.26. The number of hydrogen-bond donors (Lipinski definition) is 1. The van der Waals surface area contributed by atoms with Gasteiger partial charge in [0.25, 0.3) is 10.0 Å². The largest absolute Gasteiger partial charge is 0.352 e. The minimum absolute atomic E-state index is 0.0216. The molecule has 0 unspecified atom stereocenters. The number of sulfonamides is 1. The van der Waals surface area contributed by atoms with Gasteiger partial charge in [-0.2, -0.15) is 0 Å². The highest BCUT2D eigenvalue weighted by molar-refractivity contribution is 7.92. The quantitative estimate of drug-likeness (QED) is 0.301. The lowest BCUT2D eigenvalue weighted by atomic mass is 10.1. The van der Waals surface area contributed by atoms with Crippen molar-refractivity contribution in [1.82, 2.24) is 10.2 Å². The Morgan fingerprint density at radius 2 is 1.54 bits per heavy atom. The lowest BCUT2D eigenvalue weighted by molar-refractivity contribution is -0.139. The summed E-state index contributed by atoms with van der Waals surface area (Å²) in [5.74, 6) is -0.998. The molecule has 3 aromatic carbocycles. The maximum Gasteiger partial charge on any atom is 0.264 e. The Morgan fingerprint density at radius 1 is 0.897 bits per heavy atom. The van der Waals surface area contributed by atoms with Gasteiger partial charge in [-0.1, -0.05) is 64.6 Å². The molecule has 0 saturated carbocycles. The van der Waals surface area contributed by atoms with Crippen molar-refractivity contribution in [2.24, 2.45) is 0 Å². The first kappa shape index (κ1) is 30.8. The summed E-state index contributed by atoms with van der Waals surface area (Å²) in [4.78, 5) is 28.2. The fraction of sp³-hybridized carbons (Fsp3) is 0.286. The minimum atomic E-state index is -4.26. The number of amides is 2. The lowest BCUT2D eigenvalue weighted by Gasteiger charge is -2.32. The summed E-state index contributed by atoms with van der Waals surface area (Å²) in [6.45, 7) is 6.44. The number of aryl methyl sites for hydroxylation is 1. The maximum absolute atomic E-state index is 13.9. The molecule has 3 aromatic rings. The van der Waals surface area contributed by atoms with Crippen LogP contribution < -0.4 is 9.62 Å². The van der Waals surface area contributed by atoms with Gasteiger partial charge in [0.05, 0.1) is 15.6 Å². The smallest absolute Gasteiger partial charge is 0.264 e. The Morgan fingerprint density at radius 3 is 2.15 bits per heavy atom. The highest BCUT2D eigenvalue weighted by atomic mass is 35.5. The topological polar surface area (TPSA) is 86.8 Å². The molecule has 0 aliphatic carbocycles. The van der Waals surface area contributed by atoms with Crippen molar-refractivity contribution < 1.29 is 18.0 Å². The molecule has 208 valence electrons. The van der Waals surface area contributed by atoms with E-state index in [1.165, 1.54) is 35.2 Å². The van der Waals surface area contributed by atoms with Crippen LogP contribution in [-0.4, -0.2) is 43.8 Å². The van der Waals surface area contributed by atoms with Gasteiger partial charge in [0.1, 0.15) is 12.6 Å². The highest BCUT2D eigenvalue weighted by Crippen LogP contribution is 2.33. The van der Waals surface area contributed by atoms with E-state index in [4.69, 9.17) is 34.8 Å². The van der Waals surface area contributed by atoms with Crippen molar-refractivity contribution in [2.75, 3.05) is 10.8 Å². The SMILES string of the molecule is Cc1ccc(S(=O)(=O)N(CC(=O)N(Cc2cccc(Cl)c2)[C@H](C)C(=O)NC(C)C)c2cc(Cl)ccc2Cl)cc1. The van der Waals surface area contributed by atoms with E-state index in [1.54, 1.807) is 43.3 Å². The summed E-state index contributed by atoms with van der Waals surface area (Å²) in [6.07, 6.45) is 0. The van der Waals surface area contributed by atoms with E-state index in [-0.39, 0.29) is 39.1 Å². The van der Waals surface area contributed by atoms with Crippen LogP contribution in [0.15, 0.2) is 71.6 Å². The number of halogens is 3. The first-order chi connectivity index (χ1) is 18.3. The second-order valence-corrected chi connectivity index (χ2v) is 12.6. The molecule has 0 bridgehead atoms. The summed E-state index contributed by atoms with van der Waals surface area (Å²) in [5.41, 5.74) is 1.59. The zero-order valence-corrected chi connectivity index (χ0v) is 25.1. The van der Waals surface area contributed by atoms with Crippen LogP contribution in [0.4, 0.5) is 5.69 Å². The van der Waals surface area contributed by atoms with Crippen LogP contribution >= 0.6 is 34.8 Å². The number of benzene rings is 3. The first-order valence-electron chi connectivity index (χ1n) is 12.2. The lowest BCUT2D eigenvalue weighted by Crippen LogP contribution is -2.52. The molecule has 2 amide bonds. The van der Waals surface area contributed by atoms with Crippen molar-refractivity contribution in [3.8, 4) is 0 Å². The highest BCUT2D eigenvalue weighted by Gasteiger charge is 2.33. The molecule has 0 aromatic heterocycles. The second kappa shape index (κ2) is 13.0. The average Bonchev–Trinajstić information content (AvgIpc) is 2.86. The Labute approximate surface area is 244 Å². The number of carbonyl (C=O) groups excluding carboxylic acids is 2. The van der Waals surface area contributed by atoms with Crippen LogP contribution in [0.2, 0.25) is 15.1 Å². The Bertz CT molecular complexity index is 1450. The third kappa shape index (κ3) is 7.88. The van der Waals surface area contributed by atoms with Crippen molar-refractivity contribution in [3.05, 3.63) is 92.9 Å². The average molecular weight is 611 g/mol. The number of rotatable bonds is 10. The van der Waals surface area contributed by atoms with Crippen molar-refractivity contribution in [3.63, 3.8) is 0 Å². The molecule has 3 rings (SSSR count). The van der Waals surface area contributed by atoms with Crippen LogP contribution in [0.5, 0.6) is 0 Å². The third-order valence-electron chi connectivity index (χ3n) is 5.90. The monoisotopic (exact) mass is 609 g/mol. The molecule has 0 spiro atoms. The number of nitrogens with zero attached hydrogens (tertiary/aromatic N) is 2. The van der Waals surface area contributed by atoms with E-state index in [0.29, 0.717) is 10.6 Å². The Hall–Kier alpha value is -2.78. The fourth-order valence-electron chi connectivity index (χ4n) is 3.85. The number of nitrogens with one attached hydrogen (secondary N) is 1. The van der Waals surface area contributed by atoms with Gasteiger partial charge in [0.2, 0.25) is 11.8 Å². The molecule has 39 heavy (non-hydrogen) atoms. The van der Waals surface area contributed by atoms with Crippen molar-refractivity contribution in [1.29, 1.82) is 0 Å². The van der Waals surface area contributed by atoms with Crippen LogP contribution in [0, 0.1) is 6.92 Å². The molecule has 11 heteroatoms. The first-order valence-corrected chi connectivity index (χ1v) is 14.8. The molecule has 0 aliphatic heterocycles. The van der Waals surface area contributed by atoms with E-state index >= 15 is 0 Å². The van der Waals surface area contributed by atoms with Crippen molar-refractivity contribution >= 4 is 62.3 Å². The fourth-order valence-corrected chi connectivity index (χ4v) is 5.92. The van der Waals surface area contributed by atoms with Gasteiger partial charge in [-0.3, -0.25) is 13.9 Å². The zero-order valence-electron chi connectivity index (χ0n) is 22.0.